The number of carbonyl (C=O) groups excluding carboxylic acids is 1. The highest BCUT2D eigenvalue weighted by Gasteiger charge is 2.31. The molecule has 0 radical (unpaired) electrons. The molecule has 0 aromatic heterocycles. The molecule has 1 N–H and O–H groups in total. The van der Waals surface area contributed by atoms with Gasteiger partial charge in [-0.1, -0.05) is 13.8 Å². The Labute approximate surface area is 104 Å². The second-order valence-electron chi connectivity index (χ2n) is 5.26. The van der Waals surface area contributed by atoms with Gasteiger partial charge in [0.15, 0.2) is 0 Å². The van der Waals surface area contributed by atoms with Gasteiger partial charge in [-0.25, -0.2) is 0 Å². The Balaban J connectivity index is 0.00000128. The van der Waals surface area contributed by atoms with E-state index < -0.39 is 0 Å². The lowest BCUT2D eigenvalue weighted by Gasteiger charge is -2.38. The minimum Gasteiger partial charge on any atom is -0.342 e. The molecule has 0 aliphatic carbocycles. The summed E-state index contributed by atoms with van der Waals surface area (Å²) in [6.07, 6.45) is 2.40. The summed E-state index contributed by atoms with van der Waals surface area (Å²) >= 11 is 0. The minimum absolute atomic E-state index is 0. The van der Waals surface area contributed by atoms with Crippen molar-refractivity contribution in [1.82, 2.24) is 10.2 Å². The summed E-state index contributed by atoms with van der Waals surface area (Å²) in [5.74, 6) is 2.26. The standard InChI is InChI=1S/C12H22N2O.ClH/c1-9(2)10-3-5-14(6-4-10)12(15)11-7-13-8-11;/h9-11,13H,3-8H2,1-2H3;1H. The highest BCUT2D eigenvalue weighted by molar-refractivity contribution is 5.85. The van der Waals surface area contributed by atoms with Gasteiger partial charge in [-0.05, 0) is 24.7 Å². The van der Waals surface area contributed by atoms with Crippen LogP contribution in [0.4, 0.5) is 0 Å². The fourth-order valence-electron chi connectivity index (χ4n) is 2.51. The summed E-state index contributed by atoms with van der Waals surface area (Å²) in [6, 6.07) is 0. The Bertz CT molecular complexity index is 233. The van der Waals surface area contributed by atoms with E-state index in [2.05, 4.69) is 24.1 Å². The number of nitrogens with one attached hydrogen (secondary N) is 1. The Morgan fingerprint density at radius 2 is 1.81 bits per heavy atom. The molecule has 0 saturated carbocycles. The second kappa shape index (κ2) is 5.87. The van der Waals surface area contributed by atoms with Crippen molar-refractivity contribution in [3.63, 3.8) is 0 Å². The first-order valence-electron chi connectivity index (χ1n) is 6.18. The molecule has 0 spiro atoms. The number of nitrogens with zero attached hydrogens (tertiary/aromatic N) is 1. The number of hydrogen-bond acceptors (Lipinski definition) is 2. The zero-order valence-electron chi connectivity index (χ0n) is 10.2. The van der Waals surface area contributed by atoms with Crippen LogP contribution in [-0.4, -0.2) is 37.0 Å². The molecule has 4 heteroatoms. The van der Waals surface area contributed by atoms with Gasteiger partial charge >= 0.3 is 0 Å². The Hall–Kier alpha value is -0.280. The van der Waals surface area contributed by atoms with Gasteiger partial charge < -0.3 is 10.2 Å². The second-order valence-corrected chi connectivity index (χ2v) is 5.26. The first kappa shape index (κ1) is 13.8. The predicted molar refractivity (Wildman–Crippen MR) is 67.7 cm³/mol. The largest absolute Gasteiger partial charge is 0.342 e. The van der Waals surface area contributed by atoms with E-state index in [0.29, 0.717) is 5.91 Å². The third-order valence-electron chi connectivity index (χ3n) is 3.92. The SMILES string of the molecule is CC(C)C1CCN(C(=O)C2CNC2)CC1.Cl. The molecule has 0 unspecified atom stereocenters. The van der Waals surface area contributed by atoms with Gasteiger partial charge in [0.2, 0.25) is 5.91 Å². The van der Waals surface area contributed by atoms with Crippen LogP contribution in [0.25, 0.3) is 0 Å². The molecule has 2 heterocycles. The molecule has 0 aromatic carbocycles. The van der Waals surface area contributed by atoms with Crippen molar-refractivity contribution in [3.8, 4) is 0 Å². The number of piperidine rings is 1. The van der Waals surface area contributed by atoms with Crippen LogP contribution in [0, 0.1) is 17.8 Å². The zero-order valence-corrected chi connectivity index (χ0v) is 11.1. The lowest BCUT2D eigenvalue weighted by molar-refractivity contribution is -0.138. The number of rotatable bonds is 2. The van der Waals surface area contributed by atoms with Crippen LogP contribution >= 0.6 is 12.4 Å². The van der Waals surface area contributed by atoms with Crippen molar-refractivity contribution in [2.75, 3.05) is 26.2 Å². The summed E-state index contributed by atoms with van der Waals surface area (Å²) in [5.41, 5.74) is 0. The maximum absolute atomic E-state index is 11.9. The Kier molecular flexibility index (Phi) is 5.06. The van der Waals surface area contributed by atoms with E-state index in [0.717, 1.165) is 38.0 Å². The van der Waals surface area contributed by atoms with Gasteiger partial charge in [-0.2, -0.15) is 0 Å². The van der Waals surface area contributed by atoms with Gasteiger partial charge in [0.1, 0.15) is 0 Å². The zero-order chi connectivity index (χ0) is 10.8. The number of carbonyl (C=O) groups is 1. The fraction of sp³-hybridized carbons (Fsp3) is 0.917. The lowest BCUT2D eigenvalue weighted by Crippen LogP contribution is -2.53. The molecule has 2 fully saturated rings. The molecule has 2 rings (SSSR count). The average Bonchev–Trinajstić information content (AvgIpc) is 2.15. The normalized spacial score (nSPS) is 22.8. The molecule has 94 valence electrons. The number of halogens is 1. The van der Waals surface area contributed by atoms with Crippen LogP contribution < -0.4 is 5.32 Å². The highest BCUT2D eigenvalue weighted by atomic mass is 35.5. The van der Waals surface area contributed by atoms with Crippen LogP contribution in [0.3, 0.4) is 0 Å². The highest BCUT2D eigenvalue weighted by Crippen LogP contribution is 2.25. The van der Waals surface area contributed by atoms with E-state index in [1.54, 1.807) is 0 Å². The fourth-order valence-corrected chi connectivity index (χ4v) is 2.51. The smallest absolute Gasteiger partial charge is 0.228 e. The van der Waals surface area contributed by atoms with Gasteiger partial charge in [0.05, 0.1) is 5.92 Å². The quantitative estimate of drug-likeness (QED) is 0.802. The lowest BCUT2D eigenvalue weighted by atomic mass is 9.86. The molecule has 0 aromatic rings. The van der Waals surface area contributed by atoms with E-state index in [-0.39, 0.29) is 18.3 Å². The summed E-state index contributed by atoms with van der Waals surface area (Å²) in [7, 11) is 0. The number of hydrogen-bond donors (Lipinski definition) is 1. The van der Waals surface area contributed by atoms with Crippen molar-refractivity contribution < 1.29 is 4.79 Å². The molecule has 0 bridgehead atoms. The molecular formula is C12H23ClN2O. The van der Waals surface area contributed by atoms with E-state index in [4.69, 9.17) is 0 Å². The van der Waals surface area contributed by atoms with Crippen LogP contribution in [0.5, 0.6) is 0 Å². The van der Waals surface area contributed by atoms with Crippen LogP contribution in [0.2, 0.25) is 0 Å². The maximum Gasteiger partial charge on any atom is 0.228 e. The van der Waals surface area contributed by atoms with E-state index in [9.17, 15) is 4.79 Å². The molecule has 0 atom stereocenters. The van der Waals surface area contributed by atoms with E-state index in [1.165, 1.54) is 12.8 Å². The average molecular weight is 247 g/mol. The first-order valence-corrected chi connectivity index (χ1v) is 6.18. The predicted octanol–water partition coefficient (Wildman–Crippen LogP) is 1.52. The van der Waals surface area contributed by atoms with Crippen LogP contribution in [0.1, 0.15) is 26.7 Å². The number of amides is 1. The molecule has 2 saturated heterocycles. The summed E-state index contributed by atoms with van der Waals surface area (Å²) in [5, 5.41) is 3.16. The van der Waals surface area contributed by atoms with Gasteiger partial charge in [0.25, 0.3) is 0 Å². The first-order chi connectivity index (χ1) is 7.18. The van der Waals surface area contributed by atoms with Gasteiger partial charge in [-0.15, -0.1) is 12.4 Å². The summed E-state index contributed by atoms with van der Waals surface area (Å²) in [6.45, 7) is 8.33. The molecular weight excluding hydrogens is 224 g/mol. The molecule has 1 amide bonds. The summed E-state index contributed by atoms with van der Waals surface area (Å²) in [4.78, 5) is 14.0. The van der Waals surface area contributed by atoms with Crippen molar-refractivity contribution in [3.05, 3.63) is 0 Å². The monoisotopic (exact) mass is 246 g/mol. The van der Waals surface area contributed by atoms with Crippen molar-refractivity contribution in [2.45, 2.75) is 26.7 Å². The van der Waals surface area contributed by atoms with E-state index >= 15 is 0 Å². The Morgan fingerprint density at radius 3 is 2.19 bits per heavy atom. The van der Waals surface area contributed by atoms with Gasteiger partial charge in [0, 0.05) is 26.2 Å². The van der Waals surface area contributed by atoms with Gasteiger partial charge in [-0.3, -0.25) is 4.79 Å². The number of likely N-dealkylation sites (tertiary alicyclic amines) is 1. The third kappa shape index (κ3) is 2.89. The van der Waals surface area contributed by atoms with Crippen LogP contribution in [0.15, 0.2) is 0 Å². The van der Waals surface area contributed by atoms with Crippen molar-refractivity contribution in [1.29, 1.82) is 0 Å². The minimum atomic E-state index is 0. The van der Waals surface area contributed by atoms with Crippen molar-refractivity contribution >= 4 is 18.3 Å². The maximum atomic E-state index is 11.9. The molecule has 2 aliphatic rings. The molecule has 3 nitrogen and oxygen atoms in total. The molecule has 16 heavy (non-hydrogen) atoms. The Morgan fingerprint density at radius 1 is 1.25 bits per heavy atom. The van der Waals surface area contributed by atoms with Crippen LogP contribution in [-0.2, 0) is 4.79 Å². The molecule has 2 aliphatic heterocycles. The van der Waals surface area contributed by atoms with Crippen molar-refractivity contribution in [2.24, 2.45) is 17.8 Å². The summed E-state index contributed by atoms with van der Waals surface area (Å²) < 4.78 is 0. The third-order valence-corrected chi connectivity index (χ3v) is 3.92. The topological polar surface area (TPSA) is 32.3 Å². The van der Waals surface area contributed by atoms with E-state index in [1.807, 2.05) is 0 Å².